The van der Waals surface area contributed by atoms with Gasteiger partial charge in [-0.15, -0.1) is 0 Å². The summed E-state index contributed by atoms with van der Waals surface area (Å²) in [5.74, 6) is 0. The zero-order chi connectivity index (χ0) is 14.9. The predicted molar refractivity (Wildman–Crippen MR) is 82.3 cm³/mol. The number of hydrogen-bond acceptors (Lipinski definition) is 3. The van der Waals surface area contributed by atoms with Crippen LogP contribution in [-0.2, 0) is 9.84 Å². The maximum atomic E-state index is 12.9. The number of hydrogen-bond donors (Lipinski definition) is 1. The smallest absolute Gasteiger partial charge is 0.208 e. The normalized spacial score (nSPS) is 17.2. The van der Waals surface area contributed by atoms with Gasteiger partial charge >= 0.3 is 0 Å². The zero-order valence-electron chi connectivity index (χ0n) is 12.4. The van der Waals surface area contributed by atoms with Crippen LogP contribution >= 0.6 is 0 Å². The second-order valence-electron chi connectivity index (χ2n) is 5.26. The minimum Gasteiger partial charge on any atom is -0.386 e. The van der Waals surface area contributed by atoms with Gasteiger partial charge in [0.15, 0.2) is 0 Å². The summed E-state index contributed by atoms with van der Waals surface area (Å²) in [6, 6.07) is 3.85. The van der Waals surface area contributed by atoms with Crippen LogP contribution in [0.2, 0.25) is 0 Å². The molecule has 1 aromatic rings. The van der Waals surface area contributed by atoms with Crippen molar-refractivity contribution in [2.75, 3.05) is 6.54 Å². The van der Waals surface area contributed by atoms with Crippen molar-refractivity contribution in [2.24, 2.45) is 0 Å². The highest BCUT2D eigenvalue weighted by Crippen LogP contribution is 2.32. The molecule has 0 bridgehead atoms. The Bertz CT molecular complexity index is 674. The van der Waals surface area contributed by atoms with E-state index >= 15 is 0 Å². The van der Waals surface area contributed by atoms with Crippen molar-refractivity contribution in [3.05, 3.63) is 51.6 Å². The van der Waals surface area contributed by atoms with Gasteiger partial charge in [-0.1, -0.05) is 30.7 Å². The lowest BCUT2D eigenvalue weighted by atomic mass is 10.1. The van der Waals surface area contributed by atoms with Gasteiger partial charge in [-0.25, -0.2) is 8.42 Å². The van der Waals surface area contributed by atoms with E-state index in [0.29, 0.717) is 16.3 Å². The average molecular weight is 291 g/mol. The Labute approximate surface area is 121 Å². The van der Waals surface area contributed by atoms with Crippen molar-refractivity contribution in [2.45, 2.75) is 39.0 Å². The number of aryl methyl sites for hydroxylation is 3. The molecule has 0 spiro atoms. The molecule has 1 aromatic carbocycles. The highest BCUT2D eigenvalue weighted by Gasteiger charge is 2.29. The molecule has 2 rings (SSSR count). The number of rotatable bonds is 3. The van der Waals surface area contributed by atoms with Gasteiger partial charge in [0.25, 0.3) is 0 Å². The Balaban J connectivity index is 2.60. The summed E-state index contributed by atoms with van der Waals surface area (Å²) < 4.78 is 25.8. The fourth-order valence-corrected chi connectivity index (χ4v) is 4.73. The van der Waals surface area contributed by atoms with Crippen LogP contribution in [0.3, 0.4) is 0 Å². The first-order valence-corrected chi connectivity index (χ1v) is 8.32. The van der Waals surface area contributed by atoms with Gasteiger partial charge in [0, 0.05) is 12.7 Å². The Morgan fingerprint density at radius 2 is 1.80 bits per heavy atom. The van der Waals surface area contributed by atoms with Crippen molar-refractivity contribution in [3.63, 3.8) is 0 Å². The molecule has 0 radical (unpaired) electrons. The van der Waals surface area contributed by atoms with Crippen LogP contribution in [0.15, 0.2) is 39.8 Å². The van der Waals surface area contributed by atoms with E-state index < -0.39 is 9.84 Å². The van der Waals surface area contributed by atoms with Gasteiger partial charge in [-0.3, -0.25) is 0 Å². The second kappa shape index (κ2) is 5.44. The number of sulfone groups is 1. The molecule has 3 nitrogen and oxygen atoms in total. The standard InChI is InChI=1S/C16H21NO2S/c1-5-6-14-9-17-10-15(14)20(18,19)16-12(3)7-11(2)8-13(16)4/h6-8,10,17H,5,9H2,1-4H3/b14-6+. The number of benzene rings is 1. The Morgan fingerprint density at radius 1 is 1.20 bits per heavy atom. The van der Waals surface area contributed by atoms with Gasteiger partial charge in [-0.05, 0) is 43.9 Å². The lowest BCUT2D eigenvalue weighted by Crippen LogP contribution is -2.10. The number of nitrogens with one attached hydrogen (secondary N) is 1. The first kappa shape index (κ1) is 14.9. The summed E-state index contributed by atoms with van der Waals surface area (Å²) in [6.45, 7) is 8.30. The van der Waals surface area contributed by atoms with Crippen molar-refractivity contribution in [1.82, 2.24) is 5.32 Å². The van der Waals surface area contributed by atoms with Crippen molar-refractivity contribution < 1.29 is 8.42 Å². The van der Waals surface area contributed by atoms with Crippen LogP contribution in [-0.4, -0.2) is 15.0 Å². The fraction of sp³-hybridized carbons (Fsp3) is 0.375. The molecule has 0 aromatic heterocycles. The molecule has 1 aliphatic heterocycles. The maximum absolute atomic E-state index is 12.9. The molecule has 0 saturated carbocycles. The Kier molecular flexibility index (Phi) is 4.04. The molecule has 1 heterocycles. The molecule has 0 fully saturated rings. The predicted octanol–water partition coefficient (Wildman–Crippen LogP) is 3.17. The molecule has 0 atom stereocenters. The van der Waals surface area contributed by atoms with Crippen molar-refractivity contribution in [3.8, 4) is 0 Å². The molecular formula is C16H21NO2S. The molecule has 1 N–H and O–H groups in total. The molecule has 1 aliphatic rings. The molecule has 108 valence electrons. The van der Waals surface area contributed by atoms with E-state index in [1.165, 1.54) is 0 Å². The van der Waals surface area contributed by atoms with Crippen LogP contribution in [0.25, 0.3) is 0 Å². The monoisotopic (exact) mass is 291 g/mol. The van der Waals surface area contributed by atoms with Gasteiger partial charge < -0.3 is 5.32 Å². The second-order valence-corrected chi connectivity index (χ2v) is 7.11. The van der Waals surface area contributed by atoms with Crippen LogP contribution in [0.4, 0.5) is 0 Å². The van der Waals surface area contributed by atoms with E-state index in [2.05, 4.69) is 5.32 Å². The molecular weight excluding hydrogens is 270 g/mol. The van der Waals surface area contributed by atoms with Gasteiger partial charge in [0.05, 0.1) is 9.80 Å². The third-order valence-corrected chi connectivity index (χ3v) is 5.60. The fourth-order valence-electron chi connectivity index (χ4n) is 2.80. The summed E-state index contributed by atoms with van der Waals surface area (Å²) in [5.41, 5.74) is 3.57. The van der Waals surface area contributed by atoms with E-state index in [9.17, 15) is 8.42 Å². The third kappa shape index (κ3) is 2.52. The number of allylic oxidation sites excluding steroid dienone is 1. The van der Waals surface area contributed by atoms with E-state index in [4.69, 9.17) is 0 Å². The van der Waals surface area contributed by atoms with Crippen molar-refractivity contribution >= 4 is 9.84 Å². The highest BCUT2D eigenvalue weighted by molar-refractivity contribution is 7.95. The SMILES string of the molecule is CC/C=C1\CNC=C1S(=O)(=O)c1c(C)cc(C)cc1C. The van der Waals surface area contributed by atoms with Gasteiger partial charge in [-0.2, -0.15) is 0 Å². The first-order chi connectivity index (χ1) is 9.37. The summed E-state index contributed by atoms with van der Waals surface area (Å²) in [5, 5.41) is 3.02. The molecule has 4 heteroatoms. The lowest BCUT2D eigenvalue weighted by Gasteiger charge is -2.13. The van der Waals surface area contributed by atoms with E-state index in [0.717, 1.165) is 28.7 Å². The molecule has 20 heavy (non-hydrogen) atoms. The van der Waals surface area contributed by atoms with Crippen LogP contribution in [0.5, 0.6) is 0 Å². The summed E-state index contributed by atoms with van der Waals surface area (Å²) in [7, 11) is -3.46. The summed E-state index contributed by atoms with van der Waals surface area (Å²) in [4.78, 5) is 0.856. The minimum atomic E-state index is -3.46. The van der Waals surface area contributed by atoms with Crippen LogP contribution in [0, 0.1) is 20.8 Å². The molecule has 0 saturated heterocycles. The van der Waals surface area contributed by atoms with E-state index in [1.54, 1.807) is 6.20 Å². The topological polar surface area (TPSA) is 46.2 Å². The van der Waals surface area contributed by atoms with Crippen molar-refractivity contribution in [1.29, 1.82) is 0 Å². The molecule has 0 amide bonds. The first-order valence-electron chi connectivity index (χ1n) is 6.83. The van der Waals surface area contributed by atoms with Gasteiger partial charge in [0.1, 0.15) is 0 Å². The molecule has 0 unspecified atom stereocenters. The summed E-state index contributed by atoms with van der Waals surface area (Å²) >= 11 is 0. The van der Waals surface area contributed by atoms with E-state index in [1.807, 2.05) is 45.9 Å². The quantitative estimate of drug-likeness (QED) is 0.930. The minimum absolute atomic E-state index is 0.411. The van der Waals surface area contributed by atoms with Gasteiger partial charge in [0.2, 0.25) is 9.84 Å². The highest BCUT2D eigenvalue weighted by atomic mass is 32.2. The average Bonchev–Trinajstić information content (AvgIpc) is 2.76. The molecule has 0 aliphatic carbocycles. The van der Waals surface area contributed by atoms with Crippen LogP contribution < -0.4 is 5.32 Å². The Morgan fingerprint density at radius 3 is 2.35 bits per heavy atom. The summed E-state index contributed by atoms with van der Waals surface area (Å²) in [6.07, 6.45) is 4.42. The lowest BCUT2D eigenvalue weighted by molar-refractivity contribution is 0.601. The largest absolute Gasteiger partial charge is 0.386 e. The van der Waals surface area contributed by atoms with E-state index in [-0.39, 0.29) is 0 Å². The third-order valence-electron chi connectivity index (χ3n) is 3.46. The Hall–Kier alpha value is -1.55. The zero-order valence-corrected chi connectivity index (χ0v) is 13.3. The maximum Gasteiger partial charge on any atom is 0.208 e. The van der Waals surface area contributed by atoms with Crippen LogP contribution in [0.1, 0.15) is 30.0 Å².